The first kappa shape index (κ1) is 9.93. The zero-order valence-corrected chi connectivity index (χ0v) is 8.36. The summed E-state index contributed by atoms with van der Waals surface area (Å²) in [4.78, 5) is 14.4. The van der Waals surface area contributed by atoms with E-state index in [1.165, 1.54) is 0 Å². The van der Waals surface area contributed by atoms with Crippen LogP contribution in [0.5, 0.6) is 0 Å². The lowest BCUT2D eigenvalue weighted by atomic mass is 10.1. The Morgan fingerprint density at radius 2 is 2.07 bits per heavy atom. The van der Waals surface area contributed by atoms with Crippen LogP contribution in [-0.2, 0) is 6.42 Å². The molecule has 0 unspecified atom stereocenters. The number of aromatic amines is 1. The highest BCUT2D eigenvalue weighted by molar-refractivity contribution is 5.78. The van der Waals surface area contributed by atoms with Crippen LogP contribution in [0.3, 0.4) is 0 Å². The zero-order chi connectivity index (χ0) is 10.7. The fraction of sp³-hybridized carbons (Fsp3) is 0.250. The van der Waals surface area contributed by atoms with Gasteiger partial charge in [0.1, 0.15) is 0 Å². The highest BCUT2D eigenvalue weighted by Gasteiger charge is 2.01. The van der Waals surface area contributed by atoms with Gasteiger partial charge in [-0.25, -0.2) is 0 Å². The van der Waals surface area contributed by atoms with E-state index in [2.05, 4.69) is 4.98 Å². The minimum absolute atomic E-state index is 0.0536. The molecule has 3 heteroatoms. The number of aryl methyl sites for hydroxylation is 1. The Labute approximate surface area is 87.4 Å². The van der Waals surface area contributed by atoms with Gasteiger partial charge in [-0.3, -0.25) is 4.79 Å². The molecule has 3 nitrogen and oxygen atoms in total. The van der Waals surface area contributed by atoms with Crippen molar-refractivity contribution in [2.45, 2.75) is 12.8 Å². The van der Waals surface area contributed by atoms with Crippen LogP contribution in [0.4, 0.5) is 0 Å². The molecular weight excluding hydrogens is 190 g/mol. The van der Waals surface area contributed by atoms with Gasteiger partial charge in [0.15, 0.2) is 0 Å². The van der Waals surface area contributed by atoms with Crippen LogP contribution < -0.4 is 5.56 Å². The average molecular weight is 203 g/mol. The van der Waals surface area contributed by atoms with Crippen molar-refractivity contribution in [1.29, 1.82) is 0 Å². The van der Waals surface area contributed by atoms with Gasteiger partial charge in [-0.05, 0) is 30.4 Å². The number of hydrogen-bond donors (Lipinski definition) is 2. The Morgan fingerprint density at radius 3 is 2.87 bits per heavy atom. The third-order valence-electron chi connectivity index (χ3n) is 2.43. The van der Waals surface area contributed by atoms with Gasteiger partial charge in [0.25, 0.3) is 5.56 Å². The van der Waals surface area contributed by atoms with Crippen molar-refractivity contribution in [3.63, 3.8) is 0 Å². The number of hydrogen-bond acceptors (Lipinski definition) is 2. The Balaban J connectivity index is 2.48. The molecule has 0 saturated carbocycles. The first-order valence-electron chi connectivity index (χ1n) is 5.03. The number of benzene rings is 1. The van der Waals surface area contributed by atoms with E-state index in [1.807, 2.05) is 30.3 Å². The average Bonchev–Trinajstić information content (AvgIpc) is 2.26. The van der Waals surface area contributed by atoms with E-state index in [0.29, 0.717) is 12.8 Å². The predicted octanol–water partition coefficient (Wildman–Crippen LogP) is 1.45. The van der Waals surface area contributed by atoms with E-state index in [-0.39, 0.29) is 12.2 Å². The molecule has 0 atom stereocenters. The molecule has 15 heavy (non-hydrogen) atoms. The van der Waals surface area contributed by atoms with Crippen molar-refractivity contribution in [2.75, 3.05) is 6.61 Å². The van der Waals surface area contributed by atoms with E-state index in [1.54, 1.807) is 0 Å². The van der Waals surface area contributed by atoms with Crippen LogP contribution in [0.25, 0.3) is 10.9 Å². The molecule has 78 valence electrons. The lowest BCUT2D eigenvalue weighted by Gasteiger charge is -2.01. The molecule has 0 fully saturated rings. The molecule has 1 heterocycles. The van der Waals surface area contributed by atoms with E-state index in [4.69, 9.17) is 5.11 Å². The van der Waals surface area contributed by atoms with Gasteiger partial charge in [-0.15, -0.1) is 0 Å². The molecule has 2 aromatic rings. The summed E-state index contributed by atoms with van der Waals surface area (Å²) in [7, 11) is 0. The topological polar surface area (TPSA) is 53.1 Å². The lowest BCUT2D eigenvalue weighted by Crippen LogP contribution is -2.12. The molecule has 0 saturated heterocycles. The van der Waals surface area contributed by atoms with Crippen LogP contribution in [-0.4, -0.2) is 16.7 Å². The quantitative estimate of drug-likeness (QED) is 0.793. The minimum Gasteiger partial charge on any atom is -0.396 e. The van der Waals surface area contributed by atoms with Crippen molar-refractivity contribution >= 4 is 10.9 Å². The van der Waals surface area contributed by atoms with Gasteiger partial charge in [-0.1, -0.05) is 18.2 Å². The number of pyridine rings is 1. The first-order valence-corrected chi connectivity index (χ1v) is 5.03. The van der Waals surface area contributed by atoms with E-state index < -0.39 is 0 Å². The summed E-state index contributed by atoms with van der Waals surface area (Å²) < 4.78 is 0. The smallest absolute Gasteiger partial charge is 0.251 e. The van der Waals surface area contributed by atoms with Gasteiger partial charge in [-0.2, -0.15) is 0 Å². The summed E-state index contributed by atoms with van der Waals surface area (Å²) in [6.45, 7) is 0.117. The number of nitrogens with one attached hydrogen (secondary N) is 1. The molecule has 0 amide bonds. The predicted molar refractivity (Wildman–Crippen MR) is 60.0 cm³/mol. The Hall–Kier alpha value is -1.61. The number of para-hydroxylation sites is 1. The second-order valence-electron chi connectivity index (χ2n) is 3.54. The Bertz CT molecular complexity index is 516. The largest absolute Gasteiger partial charge is 0.396 e. The maximum atomic E-state index is 11.6. The number of aliphatic hydroxyl groups excluding tert-OH is 1. The van der Waals surface area contributed by atoms with Crippen LogP contribution in [0.1, 0.15) is 12.0 Å². The Morgan fingerprint density at radius 1 is 1.27 bits per heavy atom. The van der Waals surface area contributed by atoms with Crippen molar-refractivity contribution < 1.29 is 5.11 Å². The minimum atomic E-state index is -0.0536. The highest BCUT2D eigenvalue weighted by Crippen LogP contribution is 2.10. The second-order valence-corrected chi connectivity index (χ2v) is 3.54. The summed E-state index contributed by atoms with van der Waals surface area (Å²) >= 11 is 0. The molecule has 0 aliphatic carbocycles. The molecule has 0 aliphatic heterocycles. The lowest BCUT2D eigenvalue weighted by molar-refractivity contribution is 0.288. The van der Waals surface area contributed by atoms with Gasteiger partial charge < -0.3 is 10.1 Å². The molecule has 2 rings (SSSR count). The molecule has 0 spiro atoms. The van der Waals surface area contributed by atoms with Gasteiger partial charge in [0.2, 0.25) is 0 Å². The maximum Gasteiger partial charge on any atom is 0.251 e. The second kappa shape index (κ2) is 4.28. The van der Waals surface area contributed by atoms with Crippen molar-refractivity contribution in [1.82, 2.24) is 4.98 Å². The first-order chi connectivity index (χ1) is 7.31. The standard InChI is InChI=1S/C12H13NO2/c14-7-3-5-10-8-9-4-1-2-6-11(9)13-12(10)15/h1-2,4,6,8,14H,3,5,7H2,(H,13,15). The normalized spacial score (nSPS) is 10.7. The summed E-state index contributed by atoms with van der Waals surface area (Å²) in [6.07, 6.45) is 1.25. The van der Waals surface area contributed by atoms with Gasteiger partial charge in [0, 0.05) is 17.7 Å². The van der Waals surface area contributed by atoms with Crippen LogP contribution in [0.15, 0.2) is 35.1 Å². The van der Waals surface area contributed by atoms with E-state index in [0.717, 1.165) is 16.5 Å². The molecule has 0 aliphatic rings. The fourth-order valence-corrected chi connectivity index (χ4v) is 1.65. The van der Waals surface area contributed by atoms with Crippen LogP contribution in [0.2, 0.25) is 0 Å². The van der Waals surface area contributed by atoms with Crippen LogP contribution >= 0.6 is 0 Å². The van der Waals surface area contributed by atoms with Gasteiger partial charge in [0.05, 0.1) is 0 Å². The monoisotopic (exact) mass is 203 g/mol. The molecule has 0 bridgehead atoms. The number of H-pyrrole nitrogens is 1. The van der Waals surface area contributed by atoms with E-state index >= 15 is 0 Å². The number of fused-ring (bicyclic) bond motifs is 1. The third-order valence-corrected chi connectivity index (χ3v) is 2.43. The van der Waals surface area contributed by atoms with Crippen molar-refractivity contribution in [3.05, 3.63) is 46.2 Å². The Kier molecular flexibility index (Phi) is 2.83. The molecule has 1 aromatic heterocycles. The summed E-state index contributed by atoms with van der Waals surface area (Å²) in [5.41, 5.74) is 1.54. The third kappa shape index (κ3) is 2.07. The van der Waals surface area contributed by atoms with E-state index in [9.17, 15) is 4.79 Å². The van der Waals surface area contributed by atoms with Crippen LogP contribution in [0, 0.1) is 0 Å². The number of aromatic nitrogens is 1. The molecule has 1 aromatic carbocycles. The SMILES string of the molecule is O=c1[nH]c2ccccc2cc1CCCO. The number of rotatable bonds is 3. The maximum absolute atomic E-state index is 11.6. The molecule has 2 N–H and O–H groups in total. The summed E-state index contributed by atoms with van der Waals surface area (Å²) in [5, 5.41) is 9.75. The van der Waals surface area contributed by atoms with Gasteiger partial charge >= 0.3 is 0 Å². The fourth-order valence-electron chi connectivity index (χ4n) is 1.65. The summed E-state index contributed by atoms with van der Waals surface area (Å²) in [5.74, 6) is 0. The molecule has 0 radical (unpaired) electrons. The number of aliphatic hydroxyl groups is 1. The van der Waals surface area contributed by atoms with Crippen molar-refractivity contribution in [2.24, 2.45) is 0 Å². The van der Waals surface area contributed by atoms with Crippen molar-refractivity contribution in [3.8, 4) is 0 Å². The highest BCUT2D eigenvalue weighted by atomic mass is 16.2. The molecular formula is C12H13NO2. The zero-order valence-electron chi connectivity index (χ0n) is 8.36. The summed E-state index contributed by atoms with van der Waals surface area (Å²) in [6, 6.07) is 9.58.